The first kappa shape index (κ1) is 75.8. The van der Waals surface area contributed by atoms with E-state index in [0.29, 0.717) is 24.9 Å². The largest absolute Gasteiger partial charge is 0.398 e. The molecule has 27 heteroatoms. The lowest BCUT2D eigenvalue weighted by Gasteiger charge is -2.19. The highest BCUT2D eigenvalue weighted by Crippen LogP contribution is 2.38. The standard InChI is InChI=1S/C22H22ClNO2S2.C11H7ClN2O2S.C11H9ClN2S.C10H13ClO2S.C6H3ClFNO2.C5H5NS/c1-22(2,3)17-5-8-20(9-6-17)28(25,26)15-16-4-7-18(23)14-21(16)27-19-10-12-24-13-11-19;12-8-1-2-10(14(15)16)11(7-8)17-9-3-5-13-6-4-9;12-8-1-2-10(13)11(7-8)15-9-3-5-14-6-4-9;1-10(2,3)8-4-6-9(7-5-8)14(11,12)13;7-4-1-2-6(9(10)11)5(8)3-4;7-5-1-3-6-4-2-5/h4-14H,15H2,1-3H3;1-7H;1-7H,13H2;4-7H,1-3H3;1-3H;1-4H,(H,6,7). The zero-order valence-corrected chi connectivity index (χ0v) is 58.5. The van der Waals surface area contributed by atoms with Crippen molar-refractivity contribution < 1.29 is 31.1 Å². The van der Waals surface area contributed by atoms with E-state index in [4.69, 9.17) is 75.0 Å². The van der Waals surface area contributed by atoms with Crippen LogP contribution >= 0.6 is 105 Å². The van der Waals surface area contributed by atoms with Crippen molar-refractivity contribution in [3.8, 4) is 0 Å². The molecule has 0 radical (unpaired) electrons. The highest BCUT2D eigenvalue weighted by Gasteiger charge is 2.22. The summed E-state index contributed by atoms with van der Waals surface area (Å²) in [6, 6.07) is 47.2. The number of aromatic nitrogens is 4. The number of hydrogen-bond acceptors (Lipinski definition) is 16. The van der Waals surface area contributed by atoms with Crippen LogP contribution in [-0.4, -0.2) is 46.6 Å². The number of benzene rings is 6. The molecule has 3 N–H and O–H groups in total. The minimum Gasteiger partial charge on any atom is -0.398 e. The van der Waals surface area contributed by atoms with Gasteiger partial charge in [0.2, 0.25) is 5.82 Å². The summed E-state index contributed by atoms with van der Waals surface area (Å²) in [6.45, 7) is 12.5. The van der Waals surface area contributed by atoms with Crippen molar-refractivity contribution in [3.05, 3.63) is 287 Å². The average molecular weight is 1450 g/mol. The van der Waals surface area contributed by atoms with Gasteiger partial charge in [-0.25, -0.2) is 16.8 Å². The van der Waals surface area contributed by atoms with Gasteiger partial charge in [0.15, 0.2) is 9.84 Å². The summed E-state index contributed by atoms with van der Waals surface area (Å²) in [5, 5.41) is 22.8. The van der Waals surface area contributed by atoms with Gasteiger partial charge in [0.1, 0.15) is 0 Å². The lowest BCUT2D eigenvalue weighted by Crippen LogP contribution is -2.12. The van der Waals surface area contributed by atoms with Crippen LogP contribution in [0.3, 0.4) is 0 Å². The Balaban J connectivity index is 0.000000210. The SMILES string of the molecule is CC(C)(C)c1ccc(S(=O)(=O)Cc2ccc(Cl)cc2Sc2ccncc2)cc1.CC(C)(C)c1ccc(S(=O)(=O)Cl)cc1.Nc1ccc(Cl)cc1Sc1ccncc1.O=[N+]([O-])c1ccc(Cl)cc1F.O=[N+]([O-])c1ccc(Cl)cc1Sc1ccncc1.S=c1cc[nH]cc1. The van der Waals surface area contributed by atoms with E-state index in [1.165, 1.54) is 53.9 Å². The Labute approximate surface area is 576 Å². The van der Waals surface area contributed by atoms with Crippen LogP contribution in [-0.2, 0) is 35.5 Å². The second-order valence-corrected chi connectivity index (χ2v) is 31.1. The van der Waals surface area contributed by atoms with Crippen molar-refractivity contribution in [1.82, 2.24) is 19.9 Å². The molecule has 0 aliphatic carbocycles. The molecular weight excluding hydrogens is 1400 g/mol. The normalized spacial score (nSPS) is 11.0. The Hall–Kier alpha value is -6.93. The first-order chi connectivity index (χ1) is 43.3. The molecule has 6 aromatic carbocycles. The fourth-order valence-corrected chi connectivity index (χ4v) is 13.3. The maximum Gasteiger partial charge on any atom is 0.304 e. The van der Waals surface area contributed by atoms with Gasteiger partial charge in [-0.1, -0.05) is 166 Å². The molecule has 0 amide bonds. The number of nitro groups is 2. The number of aromatic amines is 1. The Morgan fingerprint density at radius 1 is 0.511 bits per heavy atom. The number of halogens is 6. The number of pyridine rings is 4. The van der Waals surface area contributed by atoms with Crippen LogP contribution < -0.4 is 5.73 Å². The van der Waals surface area contributed by atoms with Gasteiger partial charge < -0.3 is 10.7 Å². The van der Waals surface area contributed by atoms with Crippen LogP contribution in [0, 0.1) is 30.6 Å². The number of nitro benzene ring substituents is 2. The number of nitrogens with two attached hydrogens (primary N) is 1. The molecule has 10 aromatic rings. The molecule has 15 nitrogen and oxygen atoms in total. The molecule has 4 aromatic heterocycles. The second kappa shape index (κ2) is 35.9. The summed E-state index contributed by atoms with van der Waals surface area (Å²) in [5.41, 5.74) is 8.99. The van der Waals surface area contributed by atoms with E-state index in [2.05, 4.69) is 61.5 Å². The van der Waals surface area contributed by atoms with Gasteiger partial charge in [0.25, 0.3) is 14.7 Å². The number of sulfone groups is 1. The third-order valence-corrected chi connectivity index (χ3v) is 19.5. The quantitative estimate of drug-likeness (QED) is 0.0380. The molecule has 0 bridgehead atoms. The van der Waals surface area contributed by atoms with Crippen LogP contribution in [0.4, 0.5) is 21.5 Å². The fourth-order valence-electron chi connectivity index (χ4n) is 7.23. The number of hydrogen-bond donors (Lipinski definition) is 2. The zero-order valence-electron chi connectivity index (χ0n) is 49.8. The fraction of sp³-hybridized carbons (Fsp3) is 0.138. The predicted molar refractivity (Wildman–Crippen MR) is 374 cm³/mol. The van der Waals surface area contributed by atoms with Gasteiger partial charge in [0.05, 0.1) is 30.3 Å². The molecule has 0 atom stereocenters. The monoisotopic (exact) mass is 1450 g/mol. The van der Waals surface area contributed by atoms with E-state index in [1.807, 2.05) is 73.1 Å². The highest BCUT2D eigenvalue weighted by atomic mass is 35.7. The summed E-state index contributed by atoms with van der Waals surface area (Å²) in [5.74, 6) is -0.991. The Bertz CT molecular complexity index is 4340. The Morgan fingerprint density at radius 3 is 1.28 bits per heavy atom. The van der Waals surface area contributed by atoms with E-state index < -0.39 is 40.2 Å². The summed E-state index contributed by atoms with van der Waals surface area (Å²) in [6.07, 6.45) is 13.8. The molecule has 0 saturated heterocycles. The number of nitrogens with zero attached hydrogens (tertiary/aromatic N) is 5. The van der Waals surface area contributed by atoms with Crippen LogP contribution in [0.2, 0.25) is 20.1 Å². The first-order valence-electron chi connectivity index (χ1n) is 26.9. The molecule has 0 unspecified atom stereocenters. The van der Waals surface area contributed by atoms with Gasteiger partial charge in [-0.2, -0.15) is 4.39 Å². The second-order valence-electron chi connectivity index (χ2n) is 21.0. The maximum absolute atomic E-state index is 13.0. The summed E-state index contributed by atoms with van der Waals surface area (Å²) in [4.78, 5) is 40.2. The highest BCUT2D eigenvalue weighted by molar-refractivity contribution is 8.13. The van der Waals surface area contributed by atoms with Crippen molar-refractivity contribution in [3.63, 3.8) is 0 Å². The summed E-state index contributed by atoms with van der Waals surface area (Å²) < 4.78 is 61.4. The number of nitrogens with one attached hydrogen (secondary N) is 1. The predicted octanol–water partition coefficient (Wildman–Crippen LogP) is 20.5. The van der Waals surface area contributed by atoms with Gasteiger partial charge in [-0.15, -0.1) is 0 Å². The Morgan fingerprint density at radius 2 is 0.880 bits per heavy atom. The molecule has 0 aliphatic rings. The van der Waals surface area contributed by atoms with E-state index in [-0.39, 0.29) is 32.2 Å². The van der Waals surface area contributed by atoms with Crippen molar-refractivity contribution >= 4 is 141 Å². The van der Waals surface area contributed by atoms with Gasteiger partial charge in [0, 0.05) is 127 Å². The summed E-state index contributed by atoms with van der Waals surface area (Å²) in [7, 11) is -1.87. The smallest absolute Gasteiger partial charge is 0.304 e. The van der Waals surface area contributed by atoms with E-state index in [9.17, 15) is 41.5 Å². The van der Waals surface area contributed by atoms with Crippen LogP contribution in [0.25, 0.3) is 0 Å². The number of nitrogen functional groups attached to an aromatic ring is 1. The van der Waals surface area contributed by atoms with Crippen LogP contribution in [0.1, 0.15) is 58.2 Å². The molecule has 92 heavy (non-hydrogen) atoms. The van der Waals surface area contributed by atoms with Crippen molar-refractivity contribution in [1.29, 1.82) is 0 Å². The van der Waals surface area contributed by atoms with E-state index >= 15 is 0 Å². The van der Waals surface area contributed by atoms with E-state index in [0.717, 1.165) is 63.5 Å². The number of anilines is 1. The number of H-pyrrole nitrogens is 1. The van der Waals surface area contributed by atoms with Crippen LogP contribution in [0.15, 0.2) is 259 Å². The first-order valence-corrected chi connectivity index (χ1v) is 35.2. The topological polar surface area (TPSA) is 235 Å². The van der Waals surface area contributed by atoms with Crippen molar-refractivity contribution in [2.24, 2.45) is 0 Å². The molecule has 0 aliphatic heterocycles. The lowest BCUT2D eigenvalue weighted by atomic mass is 9.87. The number of rotatable bonds is 12. The molecule has 0 spiro atoms. The molecule has 0 saturated carbocycles. The minimum atomic E-state index is -3.59. The third-order valence-electron chi connectivity index (χ3n) is 12.0. The van der Waals surface area contributed by atoms with E-state index in [1.54, 1.807) is 116 Å². The molecule has 0 fully saturated rings. The molecule has 480 valence electrons. The summed E-state index contributed by atoms with van der Waals surface area (Å²) >= 11 is 32.4. The molecular formula is C65H59Cl5FN7O8S6. The van der Waals surface area contributed by atoms with Gasteiger partial charge >= 0.3 is 5.69 Å². The third kappa shape index (κ3) is 26.2. The van der Waals surface area contributed by atoms with Crippen molar-refractivity contribution in [2.45, 2.75) is 97.3 Å². The Kier molecular flexibility index (Phi) is 29.6. The van der Waals surface area contributed by atoms with Gasteiger partial charge in [-0.05, 0) is 155 Å². The minimum absolute atomic E-state index is 0.0210. The molecule has 10 rings (SSSR count). The maximum atomic E-state index is 13.0. The molecule has 4 heterocycles. The average Bonchev–Trinajstić information content (AvgIpc) is 0.888. The van der Waals surface area contributed by atoms with Crippen molar-refractivity contribution in [2.75, 3.05) is 5.73 Å². The van der Waals surface area contributed by atoms with Gasteiger partial charge in [-0.3, -0.25) is 35.2 Å². The zero-order chi connectivity index (χ0) is 67.8. The lowest BCUT2D eigenvalue weighted by molar-refractivity contribution is -0.387. The van der Waals surface area contributed by atoms with Crippen LogP contribution in [0.5, 0.6) is 0 Å².